The number of halogens is 3. The molecule has 0 bridgehead atoms. The maximum atomic E-state index is 15.3. The molecular weight excluding hydrogens is 462 g/mol. The van der Waals surface area contributed by atoms with Gasteiger partial charge in [0.05, 0.1) is 11.1 Å². The largest absolute Gasteiger partial charge is 0.396 e. The smallest absolute Gasteiger partial charge is 0.252 e. The summed E-state index contributed by atoms with van der Waals surface area (Å²) >= 11 is 5.90. The molecule has 0 spiro atoms. The van der Waals surface area contributed by atoms with Crippen LogP contribution in [0.5, 0.6) is 0 Å². The molecule has 2 heterocycles. The summed E-state index contributed by atoms with van der Waals surface area (Å²) in [6, 6.07) is 15.3. The van der Waals surface area contributed by atoms with Gasteiger partial charge in [0.15, 0.2) is 5.82 Å². The SMILES string of the molecule is O=C(N[C@@H](CCO)Cc1ccccn1)c1cccc(F)c1-c1[nH]nc(-c2ccc(Cl)cc2)c1F. The quantitative estimate of drug-likeness (QED) is 0.336. The molecule has 6 nitrogen and oxygen atoms in total. The van der Waals surface area contributed by atoms with Gasteiger partial charge in [0, 0.05) is 41.5 Å². The summed E-state index contributed by atoms with van der Waals surface area (Å²) < 4.78 is 30.2. The van der Waals surface area contributed by atoms with Gasteiger partial charge in [-0.1, -0.05) is 35.9 Å². The second kappa shape index (κ2) is 10.5. The fraction of sp³-hybridized carbons (Fsp3) is 0.160. The molecule has 0 saturated heterocycles. The lowest BCUT2D eigenvalue weighted by Crippen LogP contribution is -2.37. The zero-order valence-corrected chi connectivity index (χ0v) is 18.7. The van der Waals surface area contributed by atoms with Crippen LogP contribution in [0.4, 0.5) is 8.78 Å². The number of carbonyl (C=O) groups is 1. The number of pyridine rings is 1. The van der Waals surface area contributed by atoms with Crippen molar-refractivity contribution in [1.82, 2.24) is 20.5 Å². The number of nitrogens with one attached hydrogen (secondary N) is 2. The third-order valence-electron chi connectivity index (χ3n) is 5.33. The Kier molecular flexibility index (Phi) is 7.30. The van der Waals surface area contributed by atoms with Gasteiger partial charge in [0.2, 0.25) is 0 Å². The predicted molar refractivity (Wildman–Crippen MR) is 125 cm³/mol. The molecular formula is C25H21ClF2N4O2. The summed E-state index contributed by atoms with van der Waals surface area (Å²) in [5.41, 5.74) is 0.629. The highest BCUT2D eigenvalue weighted by molar-refractivity contribution is 6.30. The second-order valence-corrected chi connectivity index (χ2v) is 8.07. The Morgan fingerprint density at radius 1 is 1.09 bits per heavy atom. The van der Waals surface area contributed by atoms with E-state index in [4.69, 9.17) is 11.6 Å². The van der Waals surface area contributed by atoms with Crippen molar-refractivity contribution < 1.29 is 18.7 Å². The van der Waals surface area contributed by atoms with Crippen molar-refractivity contribution in [2.45, 2.75) is 18.9 Å². The van der Waals surface area contributed by atoms with Crippen LogP contribution in [0.2, 0.25) is 5.02 Å². The number of aromatic nitrogens is 3. The van der Waals surface area contributed by atoms with Gasteiger partial charge in [0.1, 0.15) is 17.2 Å². The highest BCUT2D eigenvalue weighted by Gasteiger charge is 2.25. The molecule has 0 radical (unpaired) electrons. The summed E-state index contributed by atoms with van der Waals surface area (Å²) in [5.74, 6) is -2.17. The topological polar surface area (TPSA) is 90.9 Å². The number of aliphatic hydroxyl groups is 1. The average molecular weight is 483 g/mol. The summed E-state index contributed by atoms with van der Waals surface area (Å²) in [5, 5.41) is 19.3. The van der Waals surface area contributed by atoms with Crippen LogP contribution in [0.15, 0.2) is 66.9 Å². The molecule has 0 aliphatic carbocycles. The zero-order chi connectivity index (χ0) is 24.1. The number of aliphatic hydroxyl groups excluding tert-OH is 1. The molecule has 34 heavy (non-hydrogen) atoms. The number of hydrogen-bond acceptors (Lipinski definition) is 4. The second-order valence-electron chi connectivity index (χ2n) is 7.64. The van der Waals surface area contributed by atoms with E-state index in [2.05, 4.69) is 20.5 Å². The van der Waals surface area contributed by atoms with E-state index in [9.17, 15) is 14.3 Å². The summed E-state index contributed by atoms with van der Waals surface area (Å²) in [4.78, 5) is 17.4. The number of amides is 1. The van der Waals surface area contributed by atoms with Gasteiger partial charge in [0.25, 0.3) is 5.91 Å². The molecule has 0 aliphatic heterocycles. The zero-order valence-electron chi connectivity index (χ0n) is 17.9. The van der Waals surface area contributed by atoms with Gasteiger partial charge >= 0.3 is 0 Å². The van der Waals surface area contributed by atoms with Crippen LogP contribution in [0.25, 0.3) is 22.5 Å². The number of rotatable bonds is 8. The number of carbonyl (C=O) groups excluding carboxylic acids is 1. The first-order chi connectivity index (χ1) is 16.5. The van der Waals surface area contributed by atoms with Crippen molar-refractivity contribution >= 4 is 17.5 Å². The van der Waals surface area contributed by atoms with E-state index in [1.54, 1.807) is 36.5 Å². The summed E-state index contributed by atoms with van der Waals surface area (Å²) in [6.45, 7) is -0.159. The first kappa shape index (κ1) is 23.5. The Hall–Kier alpha value is -3.62. The van der Waals surface area contributed by atoms with Crippen LogP contribution in [0.1, 0.15) is 22.5 Å². The standard InChI is InChI=1S/C25H21ClF2N4O2/c26-16-9-7-15(8-10-16)23-22(28)24(32-31-23)21-19(5-3-6-20(21)27)25(34)30-18(11-13-33)14-17-4-1-2-12-29-17/h1-10,12,18,33H,11,13-14H2,(H,30,34)(H,31,32)/t18-/m0/s1. The van der Waals surface area contributed by atoms with E-state index in [0.29, 0.717) is 17.0 Å². The molecule has 4 aromatic rings. The number of aromatic amines is 1. The number of H-pyrrole nitrogens is 1. The van der Waals surface area contributed by atoms with Crippen molar-refractivity contribution in [3.05, 3.63) is 94.8 Å². The number of benzene rings is 2. The van der Waals surface area contributed by atoms with Crippen LogP contribution in [-0.4, -0.2) is 38.8 Å². The van der Waals surface area contributed by atoms with E-state index in [-0.39, 0.29) is 35.5 Å². The monoisotopic (exact) mass is 482 g/mol. The van der Waals surface area contributed by atoms with Crippen LogP contribution >= 0.6 is 11.6 Å². The van der Waals surface area contributed by atoms with E-state index in [1.165, 1.54) is 12.1 Å². The highest BCUT2D eigenvalue weighted by atomic mass is 35.5. The molecule has 174 valence electrons. The first-order valence-corrected chi connectivity index (χ1v) is 11.0. The third-order valence-corrected chi connectivity index (χ3v) is 5.58. The lowest BCUT2D eigenvalue weighted by molar-refractivity contribution is 0.0930. The van der Waals surface area contributed by atoms with Crippen LogP contribution in [-0.2, 0) is 6.42 Å². The van der Waals surface area contributed by atoms with Gasteiger partial charge in [-0.3, -0.25) is 14.9 Å². The van der Waals surface area contributed by atoms with Crippen molar-refractivity contribution in [3.8, 4) is 22.5 Å². The van der Waals surface area contributed by atoms with Crippen LogP contribution in [0.3, 0.4) is 0 Å². The van der Waals surface area contributed by atoms with Gasteiger partial charge in [-0.05, 0) is 42.8 Å². The minimum Gasteiger partial charge on any atom is -0.396 e. The van der Waals surface area contributed by atoms with Gasteiger partial charge in [-0.15, -0.1) is 0 Å². The van der Waals surface area contributed by atoms with Gasteiger partial charge in [-0.2, -0.15) is 5.10 Å². The van der Waals surface area contributed by atoms with Crippen molar-refractivity contribution in [2.75, 3.05) is 6.61 Å². The van der Waals surface area contributed by atoms with E-state index < -0.39 is 23.6 Å². The van der Waals surface area contributed by atoms with Crippen molar-refractivity contribution in [2.24, 2.45) is 0 Å². The predicted octanol–water partition coefficient (Wildman–Crippen LogP) is 4.79. The molecule has 0 aliphatic rings. The van der Waals surface area contributed by atoms with E-state index >= 15 is 4.39 Å². The average Bonchev–Trinajstić information content (AvgIpc) is 3.21. The lowest BCUT2D eigenvalue weighted by Gasteiger charge is -2.19. The molecule has 3 N–H and O–H groups in total. The molecule has 4 rings (SSSR count). The van der Waals surface area contributed by atoms with E-state index in [0.717, 1.165) is 11.8 Å². The Morgan fingerprint density at radius 2 is 1.88 bits per heavy atom. The van der Waals surface area contributed by atoms with Crippen molar-refractivity contribution in [3.63, 3.8) is 0 Å². The fourth-order valence-corrected chi connectivity index (χ4v) is 3.80. The molecule has 2 aromatic heterocycles. The summed E-state index contributed by atoms with van der Waals surface area (Å²) in [6.07, 6.45) is 2.28. The number of nitrogens with zero attached hydrogens (tertiary/aromatic N) is 2. The van der Waals surface area contributed by atoms with Crippen LogP contribution < -0.4 is 5.32 Å². The molecule has 0 unspecified atom stereocenters. The summed E-state index contributed by atoms with van der Waals surface area (Å²) in [7, 11) is 0. The maximum Gasteiger partial charge on any atom is 0.252 e. The molecule has 0 fully saturated rings. The van der Waals surface area contributed by atoms with Crippen molar-refractivity contribution in [1.29, 1.82) is 0 Å². The fourth-order valence-electron chi connectivity index (χ4n) is 3.68. The van der Waals surface area contributed by atoms with Gasteiger partial charge in [-0.25, -0.2) is 8.78 Å². The first-order valence-electron chi connectivity index (χ1n) is 10.6. The lowest BCUT2D eigenvalue weighted by atomic mass is 10.0. The third kappa shape index (κ3) is 5.13. The molecule has 2 aromatic carbocycles. The maximum absolute atomic E-state index is 15.3. The minimum absolute atomic E-state index is 0.0189. The molecule has 1 amide bonds. The molecule has 1 atom stereocenters. The Labute approximate surface area is 199 Å². The Balaban J connectivity index is 1.65. The minimum atomic E-state index is -0.790. The van der Waals surface area contributed by atoms with E-state index in [1.807, 2.05) is 12.1 Å². The molecule has 9 heteroatoms. The Morgan fingerprint density at radius 3 is 2.59 bits per heavy atom. The highest BCUT2D eigenvalue weighted by Crippen LogP contribution is 2.33. The normalized spacial score (nSPS) is 11.9. The Bertz CT molecular complexity index is 1280. The number of hydrogen-bond donors (Lipinski definition) is 3. The molecule has 0 saturated carbocycles. The van der Waals surface area contributed by atoms with Gasteiger partial charge < -0.3 is 10.4 Å². The van der Waals surface area contributed by atoms with Crippen LogP contribution in [0, 0.1) is 11.6 Å².